The highest BCUT2D eigenvalue weighted by atomic mass is 32.2. The van der Waals surface area contributed by atoms with Crippen molar-refractivity contribution in [1.82, 2.24) is 10.2 Å². The Morgan fingerprint density at radius 1 is 1.08 bits per heavy atom. The van der Waals surface area contributed by atoms with Gasteiger partial charge in [0, 0.05) is 11.8 Å². The van der Waals surface area contributed by atoms with Crippen LogP contribution in [0.4, 0.5) is 0 Å². The standard InChI is InChI=1S/C18H29N4O2S2/c1-11(2)14-8-13(10-18(5,6)7)9-15(12(3)4)22(14)16-20-21-17(25-16)26(19,23)24/h8-9,11-12H,10H2,1-7H3,(H2,19,23,24)/q+1. The van der Waals surface area contributed by atoms with Gasteiger partial charge in [0.05, 0.1) is 5.10 Å². The molecule has 0 aliphatic carbocycles. The number of pyridine rings is 1. The van der Waals surface area contributed by atoms with Gasteiger partial charge in [0.25, 0.3) is 14.4 Å². The van der Waals surface area contributed by atoms with Crippen LogP contribution in [0, 0.1) is 5.41 Å². The average molecular weight is 398 g/mol. The summed E-state index contributed by atoms with van der Waals surface area (Å²) >= 11 is 1.00. The Bertz CT molecular complexity index is 865. The molecule has 0 saturated carbocycles. The zero-order valence-electron chi connectivity index (χ0n) is 16.6. The first-order valence-corrected chi connectivity index (χ1v) is 11.1. The maximum Gasteiger partial charge on any atom is 0.416 e. The molecular weight excluding hydrogens is 368 g/mol. The van der Waals surface area contributed by atoms with E-state index in [2.05, 4.69) is 70.8 Å². The molecule has 2 aromatic heterocycles. The molecule has 144 valence electrons. The number of rotatable bonds is 5. The van der Waals surface area contributed by atoms with Crippen molar-refractivity contribution in [3.05, 3.63) is 29.1 Å². The third-order valence-electron chi connectivity index (χ3n) is 3.93. The van der Waals surface area contributed by atoms with Crippen LogP contribution in [0.1, 0.15) is 77.3 Å². The zero-order valence-corrected chi connectivity index (χ0v) is 18.2. The predicted molar refractivity (Wildman–Crippen MR) is 104 cm³/mol. The van der Waals surface area contributed by atoms with Gasteiger partial charge in [-0.05, 0) is 46.0 Å². The van der Waals surface area contributed by atoms with Crippen LogP contribution in [0.2, 0.25) is 0 Å². The minimum absolute atomic E-state index is 0.164. The van der Waals surface area contributed by atoms with Crippen LogP contribution in [-0.4, -0.2) is 18.6 Å². The van der Waals surface area contributed by atoms with E-state index in [0.717, 1.165) is 29.1 Å². The lowest BCUT2D eigenvalue weighted by Gasteiger charge is -2.21. The topological polar surface area (TPSA) is 89.8 Å². The van der Waals surface area contributed by atoms with E-state index in [-0.39, 0.29) is 21.6 Å². The van der Waals surface area contributed by atoms with E-state index in [9.17, 15) is 8.42 Å². The minimum Gasteiger partial charge on any atom is -0.222 e. The lowest BCUT2D eigenvalue weighted by atomic mass is 9.87. The lowest BCUT2D eigenvalue weighted by Crippen LogP contribution is -2.42. The van der Waals surface area contributed by atoms with E-state index in [1.165, 1.54) is 5.56 Å². The Morgan fingerprint density at radius 2 is 1.58 bits per heavy atom. The van der Waals surface area contributed by atoms with Crippen LogP contribution in [0.15, 0.2) is 16.5 Å². The molecule has 0 aliphatic heterocycles. The van der Waals surface area contributed by atoms with Crippen molar-refractivity contribution in [3.63, 3.8) is 0 Å². The summed E-state index contributed by atoms with van der Waals surface area (Å²) in [6.07, 6.45) is 0.964. The van der Waals surface area contributed by atoms with Crippen molar-refractivity contribution in [2.75, 3.05) is 0 Å². The first-order valence-electron chi connectivity index (χ1n) is 8.75. The normalized spacial score (nSPS) is 13.0. The number of aromatic nitrogens is 3. The van der Waals surface area contributed by atoms with Crippen molar-refractivity contribution in [2.45, 2.75) is 71.1 Å². The molecule has 2 heterocycles. The first-order chi connectivity index (χ1) is 11.8. The number of primary sulfonamides is 1. The van der Waals surface area contributed by atoms with E-state index < -0.39 is 10.0 Å². The second-order valence-electron chi connectivity index (χ2n) is 8.49. The second kappa shape index (κ2) is 7.32. The van der Waals surface area contributed by atoms with Crippen molar-refractivity contribution in [1.29, 1.82) is 0 Å². The highest BCUT2D eigenvalue weighted by Crippen LogP contribution is 2.27. The Labute approximate surface area is 160 Å². The number of sulfonamides is 1. The molecule has 0 radical (unpaired) electrons. The van der Waals surface area contributed by atoms with Crippen molar-refractivity contribution >= 4 is 21.4 Å². The monoisotopic (exact) mass is 397 g/mol. The summed E-state index contributed by atoms with van der Waals surface area (Å²) in [5.41, 5.74) is 3.63. The quantitative estimate of drug-likeness (QED) is 0.784. The molecule has 0 unspecified atom stereocenters. The van der Waals surface area contributed by atoms with E-state index in [1.54, 1.807) is 0 Å². The van der Waals surface area contributed by atoms with Gasteiger partial charge in [0.15, 0.2) is 0 Å². The molecule has 0 atom stereocenters. The molecule has 0 bridgehead atoms. The molecule has 0 aliphatic rings. The van der Waals surface area contributed by atoms with Gasteiger partial charge in [-0.15, -0.1) is 0 Å². The van der Waals surface area contributed by atoms with Gasteiger partial charge in [-0.1, -0.05) is 48.5 Å². The molecule has 0 fully saturated rings. The van der Waals surface area contributed by atoms with Gasteiger partial charge in [0.1, 0.15) is 11.4 Å². The van der Waals surface area contributed by atoms with Crippen LogP contribution < -0.4 is 9.71 Å². The van der Waals surface area contributed by atoms with E-state index in [4.69, 9.17) is 5.14 Å². The number of hydrogen-bond donors (Lipinski definition) is 1. The fraction of sp³-hybridized carbons (Fsp3) is 0.611. The molecular formula is C18H29N4O2S2+. The summed E-state index contributed by atoms with van der Waals surface area (Å²) in [7, 11) is -3.86. The van der Waals surface area contributed by atoms with Crippen molar-refractivity contribution in [2.24, 2.45) is 10.6 Å². The predicted octanol–water partition coefficient (Wildman–Crippen LogP) is 3.30. The summed E-state index contributed by atoms with van der Waals surface area (Å²) in [6.45, 7) is 15.2. The average Bonchev–Trinajstić information content (AvgIpc) is 2.93. The summed E-state index contributed by atoms with van der Waals surface area (Å²) < 4.78 is 25.1. The van der Waals surface area contributed by atoms with Gasteiger partial charge >= 0.3 is 5.13 Å². The second-order valence-corrected chi connectivity index (χ2v) is 11.2. The van der Waals surface area contributed by atoms with Gasteiger partial charge in [-0.25, -0.2) is 13.6 Å². The van der Waals surface area contributed by atoms with E-state index in [0.29, 0.717) is 5.13 Å². The summed E-state index contributed by atoms with van der Waals surface area (Å²) in [5.74, 6) is 0.489. The number of nitrogens with two attached hydrogens (primary N) is 1. The van der Waals surface area contributed by atoms with Gasteiger partial charge < -0.3 is 0 Å². The Kier molecular flexibility index (Phi) is 5.90. The smallest absolute Gasteiger partial charge is 0.222 e. The van der Waals surface area contributed by atoms with Gasteiger partial charge in [-0.2, -0.15) is 4.57 Å². The summed E-state index contributed by atoms with van der Waals surface area (Å²) in [4.78, 5) is 0. The highest BCUT2D eigenvalue weighted by Gasteiger charge is 2.29. The largest absolute Gasteiger partial charge is 0.416 e. The lowest BCUT2D eigenvalue weighted by molar-refractivity contribution is -0.615. The van der Waals surface area contributed by atoms with Gasteiger partial charge in [-0.3, -0.25) is 0 Å². The van der Waals surface area contributed by atoms with Gasteiger partial charge in [0.2, 0.25) is 0 Å². The zero-order chi connectivity index (χ0) is 19.9. The van der Waals surface area contributed by atoms with E-state index >= 15 is 0 Å². The van der Waals surface area contributed by atoms with Crippen molar-refractivity contribution < 1.29 is 13.0 Å². The highest BCUT2D eigenvalue weighted by molar-refractivity contribution is 7.91. The van der Waals surface area contributed by atoms with Crippen LogP contribution in [0.25, 0.3) is 5.13 Å². The SMILES string of the molecule is CC(C)c1cc(CC(C)(C)C)cc(C(C)C)[n+]1-c1nnc(S(N)(=O)=O)s1. The fourth-order valence-electron chi connectivity index (χ4n) is 2.89. The molecule has 2 N–H and O–H groups in total. The van der Waals surface area contributed by atoms with Crippen LogP contribution in [0.5, 0.6) is 0 Å². The molecule has 0 amide bonds. The summed E-state index contributed by atoms with van der Waals surface area (Å²) in [6, 6.07) is 4.39. The maximum atomic E-state index is 11.6. The molecule has 26 heavy (non-hydrogen) atoms. The van der Waals surface area contributed by atoms with E-state index in [1.807, 2.05) is 4.57 Å². The Hall–Kier alpha value is -1.38. The van der Waals surface area contributed by atoms with Crippen LogP contribution >= 0.6 is 11.3 Å². The molecule has 8 heteroatoms. The third kappa shape index (κ3) is 4.86. The molecule has 0 aromatic carbocycles. The Balaban J connectivity index is 2.72. The third-order valence-corrected chi connectivity index (χ3v) is 6.15. The minimum atomic E-state index is -3.86. The number of hydrogen-bond acceptors (Lipinski definition) is 5. The maximum absolute atomic E-state index is 11.6. The first kappa shape index (κ1) is 20.9. The molecule has 0 spiro atoms. The Morgan fingerprint density at radius 3 is 1.92 bits per heavy atom. The van der Waals surface area contributed by atoms with Crippen molar-refractivity contribution in [3.8, 4) is 5.13 Å². The van der Waals surface area contributed by atoms with Crippen LogP contribution in [0.3, 0.4) is 0 Å². The summed E-state index contributed by atoms with van der Waals surface area (Å²) in [5, 5.41) is 13.6. The number of nitrogens with zero attached hydrogens (tertiary/aromatic N) is 3. The molecule has 2 aromatic rings. The molecule has 0 saturated heterocycles. The fourth-order valence-corrected chi connectivity index (χ4v) is 4.36. The van der Waals surface area contributed by atoms with Crippen LogP contribution in [-0.2, 0) is 16.4 Å². The molecule has 6 nitrogen and oxygen atoms in total. The molecule has 2 rings (SSSR count).